The van der Waals surface area contributed by atoms with Gasteiger partial charge in [0.15, 0.2) is 0 Å². The van der Waals surface area contributed by atoms with E-state index in [1.54, 1.807) is 0 Å². The van der Waals surface area contributed by atoms with Gasteiger partial charge in [-0.25, -0.2) is 4.39 Å². The van der Waals surface area contributed by atoms with Crippen LogP contribution in [0.1, 0.15) is 25.7 Å². The van der Waals surface area contributed by atoms with Gasteiger partial charge in [0.2, 0.25) is 5.91 Å². The van der Waals surface area contributed by atoms with E-state index in [9.17, 15) is 19.3 Å². The predicted molar refractivity (Wildman–Crippen MR) is 79.2 cm³/mol. The monoisotopic (exact) mass is 307 g/mol. The molecule has 6 nitrogen and oxygen atoms in total. The van der Waals surface area contributed by atoms with Crippen LogP contribution in [-0.4, -0.2) is 30.0 Å². The third kappa shape index (κ3) is 3.18. The lowest BCUT2D eigenvalue weighted by atomic mass is 10.0. The first-order valence-electron chi connectivity index (χ1n) is 7.54. The van der Waals surface area contributed by atoms with Crippen molar-refractivity contribution in [3.8, 4) is 0 Å². The van der Waals surface area contributed by atoms with Crippen molar-refractivity contribution >= 4 is 17.3 Å². The summed E-state index contributed by atoms with van der Waals surface area (Å²) in [5.41, 5.74) is 0.235. The number of hydrogen-bond donors (Lipinski definition) is 1. The van der Waals surface area contributed by atoms with E-state index in [2.05, 4.69) is 5.32 Å². The van der Waals surface area contributed by atoms with Crippen LogP contribution >= 0.6 is 0 Å². The normalized spacial score (nSPS) is 19.0. The summed E-state index contributed by atoms with van der Waals surface area (Å²) in [6, 6.07) is 3.62. The predicted octanol–water partition coefficient (Wildman–Crippen LogP) is 2.23. The highest BCUT2D eigenvalue weighted by Gasteiger charge is 2.32. The lowest BCUT2D eigenvalue weighted by Crippen LogP contribution is -2.45. The number of amides is 1. The van der Waals surface area contributed by atoms with Gasteiger partial charge in [0.25, 0.3) is 5.69 Å². The molecule has 1 saturated heterocycles. The summed E-state index contributed by atoms with van der Waals surface area (Å²) in [5, 5.41) is 14.1. The number of piperidine rings is 1. The highest BCUT2D eigenvalue weighted by molar-refractivity contribution is 5.81. The Kier molecular flexibility index (Phi) is 3.96. The van der Waals surface area contributed by atoms with Gasteiger partial charge in [0.1, 0.15) is 11.5 Å². The van der Waals surface area contributed by atoms with Gasteiger partial charge < -0.3 is 10.2 Å². The molecule has 2 fully saturated rings. The molecule has 1 amide bonds. The molecule has 0 unspecified atom stereocenters. The first-order chi connectivity index (χ1) is 10.5. The highest BCUT2D eigenvalue weighted by Crippen LogP contribution is 2.32. The molecule has 2 aliphatic rings. The molecule has 0 bridgehead atoms. The Bertz CT molecular complexity index is 596. The fourth-order valence-corrected chi connectivity index (χ4v) is 2.83. The summed E-state index contributed by atoms with van der Waals surface area (Å²) in [5.74, 6) is -0.178. The lowest BCUT2D eigenvalue weighted by molar-refractivity contribution is -0.384. The largest absolute Gasteiger partial charge is 0.366 e. The molecule has 1 aromatic rings. The topological polar surface area (TPSA) is 75.5 Å². The molecule has 1 aromatic carbocycles. The number of carbonyl (C=O) groups is 1. The molecular weight excluding hydrogens is 289 g/mol. The number of nitrogens with zero attached hydrogens (tertiary/aromatic N) is 2. The number of rotatable bonds is 4. The number of carbonyl (C=O) groups excluding carboxylic acids is 1. The molecule has 1 N–H and O–H groups in total. The summed E-state index contributed by atoms with van der Waals surface area (Å²) in [7, 11) is 0. The number of nitrogens with one attached hydrogen (secondary N) is 1. The summed E-state index contributed by atoms with van der Waals surface area (Å²) in [6.07, 6.45) is 3.37. The van der Waals surface area contributed by atoms with Crippen LogP contribution < -0.4 is 10.2 Å². The van der Waals surface area contributed by atoms with Gasteiger partial charge in [0, 0.05) is 37.2 Å². The van der Waals surface area contributed by atoms with Gasteiger partial charge in [-0.2, -0.15) is 0 Å². The van der Waals surface area contributed by atoms with Crippen molar-refractivity contribution in [2.75, 3.05) is 18.0 Å². The third-order valence-corrected chi connectivity index (χ3v) is 4.26. The molecule has 0 spiro atoms. The van der Waals surface area contributed by atoms with E-state index in [0.717, 1.165) is 18.9 Å². The Morgan fingerprint density at radius 1 is 1.27 bits per heavy atom. The van der Waals surface area contributed by atoms with Gasteiger partial charge in [0.05, 0.1) is 4.92 Å². The number of nitro groups is 1. The zero-order valence-electron chi connectivity index (χ0n) is 12.1. The molecular formula is C15H18FN3O3. The van der Waals surface area contributed by atoms with Gasteiger partial charge in [-0.15, -0.1) is 0 Å². The molecule has 1 saturated carbocycles. The Morgan fingerprint density at radius 2 is 1.95 bits per heavy atom. The fraction of sp³-hybridized carbons (Fsp3) is 0.533. The standard InChI is InChI=1S/C15H18FN3O3/c16-11-3-4-13(19(21)22)14(9-11)18-7-5-12(6-8-18)17-15(20)10-1-2-10/h3-4,9-10,12H,1-2,5-8H2,(H,17,20). The minimum atomic E-state index is -0.490. The van der Waals surface area contributed by atoms with Crippen LogP contribution in [0.3, 0.4) is 0 Å². The van der Waals surface area contributed by atoms with Crippen LogP contribution in [0, 0.1) is 21.8 Å². The molecule has 118 valence electrons. The van der Waals surface area contributed by atoms with Crippen LogP contribution in [0.5, 0.6) is 0 Å². The van der Waals surface area contributed by atoms with Gasteiger partial charge in [-0.3, -0.25) is 14.9 Å². The van der Waals surface area contributed by atoms with E-state index < -0.39 is 10.7 Å². The third-order valence-electron chi connectivity index (χ3n) is 4.26. The first-order valence-corrected chi connectivity index (χ1v) is 7.54. The average molecular weight is 307 g/mol. The maximum Gasteiger partial charge on any atom is 0.292 e. The molecule has 22 heavy (non-hydrogen) atoms. The van der Waals surface area contributed by atoms with Crippen LogP contribution in [0.2, 0.25) is 0 Å². The van der Waals surface area contributed by atoms with Crippen LogP contribution in [0.4, 0.5) is 15.8 Å². The lowest BCUT2D eigenvalue weighted by Gasteiger charge is -2.33. The van der Waals surface area contributed by atoms with Gasteiger partial charge in [-0.05, 0) is 31.7 Å². The Balaban J connectivity index is 1.64. The van der Waals surface area contributed by atoms with Gasteiger partial charge in [-0.1, -0.05) is 0 Å². The van der Waals surface area contributed by atoms with E-state index in [1.807, 2.05) is 4.90 Å². The smallest absolute Gasteiger partial charge is 0.292 e. The fourth-order valence-electron chi connectivity index (χ4n) is 2.83. The number of nitro benzene ring substituents is 1. The van der Waals surface area contributed by atoms with Crippen molar-refractivity contribution in [1.29, 1.82) is 0 Å². The Hall–Kier alpha value is -2.18. The SMILES string of the molecule is O=C(NC1CCN(c2cc(F)ccc2[N+](=O)[O-])CC1)C1CC1. The molecule has 1 aliphatic heterocycles. The minimum absolute atomic E-state index is 0.0816. The number of halogens is 1. The second-order valence-electron chi connectivity index (χ2n) is 5.93. The maximum absolute atomic E-state index is 13.4. The summed E-state index contributed by atoms with van der Waals surface area (Å²) >= 11 is 0. The summed E-state index contributed by atoms with van der Waals surface area (Å²) in [6.45, 7) is 1.14. The molecule has 0 radical (unpaired) electrons. The number of hydrogen-bond acceptors (Lipinski definition) is 4. The van der Waals surface area contributed by atoms with Crippen LogP contribution in [0.25, 0.3) is 0 Å². The van der Waals surface area contributed by atoms with Gasteiger partial charge >= 0.3 is 0 Å². The van der Waals surface area contributed by atoms with E-state index >= 15 is 0 Å². The van der Waals surface area contributed by atoms with Crippen molar-refractivity contribution in [3.05, 3.63) is 34.1 Å². The number of benzene rings is 1. The van der Waals surface area contributed by atoms with Crippen molar-refractivity contribution in [2.45, 2.75) is 31.7 Å². The molecule has 0 atom stereocenters. The molecule has 1 aliphatic carbocycles. The van der Waals surface area contributed by atoms with E-state index in [4.69, 9.17) is 0 Å². The molecule has 7 heteroatoms. The van der Waals surface area contributed by atoms with Crippen molar-refractivity contribution < 1.29 is 14.1 Å². The quantitative estimate of drug-likeness (QED) is 0.683. The van der Waals surface area contributed by atoms with Crippen LogP contribution in [0.15, 0.2) is 18.2 Å². The van der Waals surface area contributed by atoms with E-state index in [1.165, 1.54) is 12.1 Å². The average Bonchev–Trinajstić information content (AvgIpc) is 3.32. The Labute approximate surface area is 127 Å². The van der Waals surface area contributed by atoms with Crippen molar-refractivity contribution in [2.24, 2.45) is 5.92 Å². The minimum Gasteiger partial charge on any atom is -0.366 e. The van der Waals surface area contributed by atoms with Crippen molar-refractivity contribution in [3.63, 3.8) is 0 Å². The second-order valence-corrected chi connectivity index (χ2v) is 5.93. The summed E-state index contributed by atoms with van der Waals surface area (Å²) < 4.78 is 13.4. The molecule has 3 rings (SSSR count). The first kappa shape index (κ1) is 14.7. The second kappa shape index (κ2) is 5.90. The zero-order chi connectivity index (χ0) is 15.7. The summed E-state index contributed by atoms with van der Waals surface area (Å²) in [4.78, 5) is 24.1. The van der Waals surface area contributed by atoms with Crippen LogP contribution in [-0.2, 0) is 4.79 Å². The zero-order valence-corrected chi connectivity index (χ0v) is 12.1. The Morgan fingerprint density at radius 3 is 2.55 bits per heavy atom. The highest BCUT2D eigenvalue weighted by atomic mass is 19.1. The maximum atomic E-state index is 13.4. The molecule has 0 aromatic heterocycles. The number of anilines is 1. The van der Waals surface area contributed by atoms with E-state index in [0.29, 0.717) is 31.6 Å². The van der Waals surface area contributed by atoms with Crippen molar-refractivity contribution in [1.82, 2.24) is 5.32 Å². The van der Waals surface area contributed by atoms with E-state index in [-0.39, 0.29) is 23.6 Å². The molecule has 1 heterocycles.